The van der Waals surface area contributed by atoms with Gasteiger partial charge in [-0.15, -0.1) is 12.4 Å². The molecule has 4 nitrogen and oxygen atoms in total. The predicted molar refractivity (Wildman–Crippen MR) is 138 cm³/mol. The SMILES string of the molecule is CCCCCCCCCCCCCCCCCCN[C@@H](Cc1ccc(O)cc1)C(=O)O.Cl. The first kappa shape index (κ1) is 30.7. The fourth-order valence-electron chi connectivity index (χ4n) is 4.06. The van der Waals surface area contributed by atoms with E-state index in [1.165, 1.54) is 89.9 Å². The number of hydrogen-bond donors (Lipinski definition) is 3. The summed E-state index contributed by atoms with van der Waals surface area (Å²) in [6.45, 7) is 3.02. The van der Waals surface area contributed by atoms with E-state index < -0.39 is 12.0 Å². The molecule has 0 bridgehead atoms. The summed E-state index contributed by atoms with van der Waals surface area (Å²) in [5.74, 6) is -0.610. The van der Waals surface area contributed by atoms with Crippen molar-refractivity contribution in [3.8, 4) is 5.75 Å². The molecule has 0 aliphatic heterocycles. The third kappa shape index (κ3) is 17.3. The Kier molecular flexibility index (Phi) is 20.7. The van der Waals surface area contributed by atoms with Crippen LogP contribution in [0.2, 0.25) is 0 Å². The molecule has 0 radical (unpaired) electrons. The number of carbonyl (C=O) groups is 1. The lowest BCUT2D eigenvalue weighted by Crippen LogP contribution is -2.39. The average molecular weight is 470 g/mol. The molecule has 1 atom stereocenters. The zero-order valence-corrected chi connectivity index (χ0v) is 21.1. The van der Waals surface area contributed by atoms with Gasteiger partial charge >= 0.3 is 5.97 Å². The number of aliphatic carboxylic acids is 1. The number of phenolic OH excluding ortho intramolecular Hbond substituents is 1. The molecule has 0 amide bonds. The van der Waals surface area contributed by atoms with Crippen molar-refractivity contribution in [1.82, 2.24) is 5.32 Å². The van der Waals surface area contributed by atoms with Crippen molar-refractivity contribution in [1.29, 1.82) is 0 Å². The molecule has 32 heavy (non-hydrogen) atoms. The summed E-state index contributed by atoms with van der Waals surface area (Å²) in [6, 6.07) is 6.19. The van der Waals surface area contributed by atoms with Crippen LogP contribution in [0.4, 0.5) is 0 Å². The molecule has 0 unspecified atom stereocenters. The number of nitrogens with one attached hydrogen (secondary N) is 1. The zero-order valence-electron chi connectivity index (χ0n) is 20.3. The Morgan fingerprint density at radius 3 is 1.56 bits per heavy atom. The smallest absolute Gasteiger partial charge is 0.321 e. The maximum atomic E-state index is 11.5. The molecule has 0 aliphatic carbocycles. The monoisotopic (exact) mass is 469 g/mol. The molecule has 0 heterocycles. The number of phenols is 1. The van der Waals surface area contributed by atoms with Crippen LogP contribution in [0.5, 0.6) is 5.75 Å². The van der Waals surface area contributed by atoms with Crippen molar-refractivity contribution in [3.05, 3.63) is 29.8 Å². The number of rotatable bonds is 21. The van der Waals surface area contributed by atoms with Gasteiger partial charge in [0.2, 0.25) is 0 Å². The predicted octanol–water partition coefficient (Wildman–Crippen LogP) is 7.66. The summed E-state index contributed by atoms with van der Waals surface area (Å²) in [6.07, 6.45) is 21.9. The van der Waals surface area contributed by atoms with Gasteiger partial charge in [-0.1, -0.05) is 115 Å². The van der Waals surface area contributed by atoms with Crippen LogP contribution in [-0.4, -0.2) is 28.8 Å². The van der Waals surface area contributed by atoms with Crippen molar-refractivity contribution in [2.24, 2.45) is 0 Å². The van der Waals surface area contributed by atoms with Gasteiger partial charge in [-0.2, -0.15) is 0 Å². The number of aromatic hydroxyl groups is 1. The highest BCUT2D eigenvalue weighted by atomic mass is 35.5. The topological polar surface area (TPSA) is 69.6 Å². The maximum Gasteiger partial charge on any atom is 0.321 e. The Labute approximate surface area is 203 Å². The summed E-state index contributed by atoms with van der Waals surface area (Å²) in [5, 5.41) is 21.9. The molecule has 0 saturated heterocycles. The Morgan fingerprint density at radius 1 is 0.750 bits per heavy atom. The first-order chi connectivity index (χ1) is 15.1. The van der Waals surface area contributed by atoms with E-state index >= 15 is 0 Å². The van der Waals surface area contributed by atoms with Crippen molar-refractivity contribution < 1.29 is 15.0 Å². The molecule has 0 aliphatic rings. The van der Waals surface area contributed by atoms with Crippen LogP contribution in [0, 0.1) is 0 Å². The standard InChI is InChI=1S/C27H47NO3.ClH/c1-2-3-4-5-6-7-8-9-10-11-12-13-14-15-16-17-22-28-26(27(30)31)23-24-18-20-25(29)21-19-24;/h18-21,26,28-29H,2-17,22-23H2,1H3,(H,30,31);1H/t26-;/m0./s1. The number of carboxylic acid groups (broad SMARTS) is 1. The Hall–Kier alpha value is -1.26. The van der Waals surface area contributed by atoms with Gasteiger partial charge in [0.05, 0.1) is 0 Å². The molecule has 0 fully saturated rings. The molecule has 1 aromatic rings. The molecular formula is C27H48ClNO3. The number of hydrogen-bond acceptors (Lipinski definition) is 3. The Balaban J connectivity index is 0.00000961. The van der Waals surface area contributed by atoms with Crippen molar-refractivity contribution in [3.63, 3.8) is 0 Å². The first-order valence-corrected chi connectivity index (χ1v) is 12.9. The fraction of sp³-hybridized carbons (Fsp3) is 0.741. The molecule has 1 aromatic carbocycles. The number of halogens is 1. The highest BCUT2D eigenvalue weighted by molar-refractivity contribution is 5.85. The van der Waals surface area contributed by atoms with Gasteiger partial charge in [0.1, 0.15) is 11.8 Å². The highest BCUT2D eigenvalue weighted by Crippen LogP contribution is 2.14. The van der Waals surface area contributed by atoms with Crippen LogP contribution in [-0.2, 0) is 11.2 Å². The normalized spacial score (nSPS) is 11.8. The molecule has 5 heteroatoms. The number of benzene rings is 1. The summed E-state index contributed by atoms with van der Waals surface area (Å²) in [5.41, 5.74) is 0.921. The lowest BCUT2D eigenvalue weighted by molar-refractivity contribution is -0.139. The van der Waals surface area contributed by atoms with Crippen LogP contribution in [0.15, 0.2) is 24.3 Å². The molecule has 1 rings (SSSR count). The van der Waals surface area contributed by atoms with E-state index in [9.17, 15) is 15.0 Å². The van der Waals surface area contributed by atoms with Crippen LogP contribution in [0.1, 0.15) is 115 Å². The average Bonchev–Trinajstić information content (AvgIpc) is 2.76. The van der Waals surface area contributed by atoms with E-state index in [4.69, 9.17) is 0 Å². The fourth-order valence-corrected chi connectivity index (χ4v) is 4.06. The first-order valence-electron chi connectivity index (χ1n) is 12.9. The number of carboxylic acids is 1. The van der Waals surface area contributed by atoms with Crippen molar-refractivity contribution in [2.75, 3.05) is 6.54 Å². The third-order valence-electron chi connectivity index (χ3n) is 6.10. The van der Waals surface area contributed by atoms with Gasteiger partial charge < -0.3 is 15.5 Å². The number of unbranched alkanes of at least 4 members (excludes halogenated alkanes) is 15. The molecular weight excluding hydrogens is 422 g/mol. The van der Waals surface area contributed by atoms with Gasteiger partial charge in [-0.3, -0.25) is 4.79 Å². The van der Waals surface area contributed by atoms with Gasteiger partial charge in [0, 0.05) is 0 Å². The lowest BCUT2D eigenvalue weighted by atomic mass is 10.0. The molecule has 3 N–H and O–H groups in total. The van der Waals surface area contributed by atoms with Crippen LogP contribution >= 0.6 is 12.4 Å². The second-order valence-corrected chi connectivity index (χ2v) is 9.02. The third-order valence-corrected chi connectivity index (χ3v) is 6.10. The van der Waals surface area contributed by atoms with Crippen molar-refractivity contribution >= 4 is 18.4 Å². The van der Waals surface area contributed by atoms with Gasteiger partial charge in [-0.05, 0) is 37.1 Å². The van der Waals surface area contributed by atoms with E-state index in [1.54, 1.807) is 24.3 Å². The van der Waals surface area contributed by atoms with Crippen molar-refractivity contribution in [2.45, 2.75) is 122 Å². The van der Waals surface area contributed by atoms with E-state index in [-0.39, 0.29) is 18.2 Å². The van der Waals surface area contributed by atoms with E-state index in [0.29, 0.717) is 6.42 Å². The van der Waals surface area contributed by atoms with Crippen LogP contribution in [0.3, 0.4) is 0 Å². The van der Waals surface area contributed by atoms with E-state index in [1.807, 2.05) is 0 Å². The minimum atomic E-state index is -0.815. The minimum Gasteiger partial charge on any atom is -0.508 e. The molecule has 0 spiro atoms. The quantitative estimate of drug-likeness (QED) is 0.161. The zero-order chi connectivity index (χ0) is 22.6. The largest absolute Gasteiger partial charge is 0.508 e. The Bertz CT molecular complexity index is 550. The van der Waals surface area contributed by atoms with Gasteiger partial charge in [0.25, 0.3) is 0 Å². The van der Waals surface area contributed by atoms with E-state index in [0.717, 1.165) is 24.9 Å². The van der Waals surface area contributed by atoms with Gasteiger partial charge in [-0.25, -0.2) is 0 Å². The second-order valence-electron chi connectivity index (χ2n) is 9.02. The summed E-state index contributed by atoms with van der Waals surface area (Å²) >= 11 is 0. The summed E-state index contributed by atoms with van der Waals surface area (Å²) in [4.78, 5) is 11.5. The summed E-state index contributed by atoms with van der Waals surface area (Å²) in [7, 11) is 0. The highest BCUT2D eigenvalue weighted by Gasteiger charge is 2.16. The molecule has 0 aromatic heterocycles. The van der Waals surface area contributed by atoms with E-state index in [2.05, 4.69) is 12.2 Å². The molecule has 186 valence electrons. The Morgan fingerprint density at radius 2 is 1.16 bits per heavy atom. The summed E-state index contributed by atoms with van der Waals surface area (Å²) < 4.78 is 0. The molecule has 0 saturated carbocycles. The second kappa shape index (κ2) is 21.6. The maximum absolute atomic E-state index is 11.5. The minimum absolute atomic E-state index is 0. The van der Waals surface area contributed by atoms with Crippen LogP contribution < -0.4 is 5.32 Å². The van der Waals surface area contributed by atoms with Gasteiger partial charge in [0.15, 0.2) is 0 Å². The van der Waals surface area contributed by atoms with Crippen LogP contribution in [0.25, 0.3) is 0 Å². The lowest BCUT2D eigenvalue weighted by Gasteiger charge is -2.14.